The summed E-state index contributed by atoms with van der Waals surface area (Å²) in [7, 11) is 3.12. The van der Waals surface area contributed by atoms with Gasteiger partial charge in [-0.25, -0.2) is 5.01 Å². The van der Waals surface area contributed by atoms with Crippen LogP contribution in [0, 0.1) is 24.0 Å². The highest BCUT2D eigenvalue weighted by Gasteiger charge is 2.35. The second-order valence-corrected chi connectivity index (χ2v) is 8.48. The molecule has 1 unspecified atom stereocenters. The molecule has 0 saturated carbocycles. The van der Waals surface area contributed by atoms with Crippen molar-refractivity contribution in [3.8, 4) is 11.5 Å². The summed E-state index contributed by atoms with van der Waals surface area (Å²) >= 11 is 1.55. The summed E-state index contributed by atoms with van der Waals surface area (Å²) in [6.07, 6.45) is 0.527. The van der Waals surface area contributed by atoms with E-state index in [1.807, 2.05) is 29.6 Å². The molecule has 0 spiro atoms. The Morgan fingerprint density at radius 2 is 2.00 bits per heavy atom. The number of carbonyl (C=O) groups is 1. The van der Waals surface area contributed by atoms with Gasteiger partial charge in [-0.15, -0.1) is 11.3 Å². The molecule has 1 atom stereocenters. The van der Waals surface area contributed by atoms with Gasteiger partial charge in [0.2, 0.25) is 0 Å². The molecule has 4 rings (SSSR count). The Balaban J connectivity index is 1.69. The summed E-state index contributed by atoms with van der Waals surface area (Å²) in [5.74, 6) is 0.828. The van der Waals surface area contributed by atoms with Crippen molar-refractivity contribution >= 4 is 28.6 Å². The zero-order chi connectivity index (χ0) is 23.7. The van der Waals surface area contributed by atoms with E-state index in [1.165, 1.54) is 9.69 Å². The summed E-state index contributed by atoms with van der Waals surface area (Å²) in [5.41, 5.74) is 2.16. The van der Waals surface area contributed by atoms with E-state index in [0.717, 1.165) is 16.2 Å². The number of amides is 1. The largest absolute Gasteiger partial charge is 0.493 e. The molecule has 3 aromatic rings. The Labute approximate surface area is 194 Å². The van der Waals surface area contributed by atoms with Crippen LogP contribution in [-0.4, -0.2) is 45.6 Å². The Morgan fingerprint density at radius 3 is 2.61 bits per heavy atom. The molecule has 2 aromatic heterocycles. The van der Waals surface area contributed by atoms with E-state index in [2.05, 4.69) is 10.2 Å². The Hall–Kier alpha value is -3.73. The zero-order valence-electron chi connectivity index (χ0n) is 18.6. The predicted molar refractivity (Wildman–Crippen MR) is 123 cm³/mol. The Morgan fingerprint density at radius 1 is 1.24 bits per heavy atom. The van der Waals surface area contributed by atoms with Crippen LogP contribution in [0.2, 0.25) is 0 Å². The topological polar surface area (TPSA) is 112 Å². The average molecular weight is 470 g/mol. The molecule has 0 N–H and O–H groups in total. The quantitative estimate of drug-likeness (QED) is 0.384. The third-order valence-corrected chi connectivity index (χ3v) is 6.49. The number of nitrogens with zero attached hydrogens (tertiary/aromatic N) is 5. The lowest BCUT2D eigenvalue weighted by Crippen LogP contribution is -2.31. The maximum Gasteiger partial charge on any atom is 0.312 e. The number of rotatable bonds is 7. The van der Waals surface area contributed by atoms with Gasteiger partial charge in [0.05, 0.1) is 35.8 Å². The second-order valence-electron chi connectivity index (χ2n) is 7.53. The van der Waals surface area contributed by atoms with E-state index >= 15 is 0 Å². The molecule has 33 heavy (non-hydrogen) atoms. The molecule has 1 aliphatic heterocycles. The molecule has 172 valence electrons. The number of thiophene rings is 1. The first-order valence-corrected chi connectivity index (χ1v) is 11.1. The SMILES string of the molecule is COc1ccc(C2CC(c3cccs3)=NN2C(=O)Cn2nc(C)c([N+](=O)[O-])c2C)cc1OC. The van der Waals surface area contributed by atoms with Crippen LogP contribution in [0.4, 0.5) is 5.69 Å². The van der Waals surface area contributed by atoms with Gasteiger partial charge >= 0.3 is 5.69 Å². The number of hydrazone groups is 1. The molecule has 0 fully saturated rings. The lowest BCUT2D eigenvalue weighted by Gasteiger charge is -2.23. The highest BCUT2D eigenvalue weighted by atomic mass is 32.1. The lowest BCUT2D eigenvalue weighted by atomic mass is 10.0. The minimum absolute atomic E-state index is 0.0801. The summed E-state index contributed by atoms with van der Waals surface area (Å²) < 4.78 is 12.1. The molecule has 1 amide bonds. The summed E-state index contributed by atoms with van der Waals surface area (Å²) in [6.45, 7) is 2.98. The first kappa shape index (κ1) is 22.5. The fourth-order valence-electron chi connectivity index (χ4n) is 3.96. The first-order valence-electron chi connectivity index (χ1n) is 10.2. The van der Waals surface area contributed by atoms with E-state index in [4.69, 9.17) is 9.47 Å². The molecule has 0 radical (unpaired) electrons. The molecule has 1 aliphatic rings. The van der Waals surface area contributed by atoms with Crippen molar-refractivity contribution in [3.05, 3.63) is 67.7 Å². The Kier molecular flexibility index (Phi) is 6.14. The van der Waals surface area contributed by atoms with Crippen molar-refractivity contribution in [2.24, 2.45) is 5.10 Å². The van der Waals surface area contributed by atoms with E-state index in [0.29, 0.717) is 23.6 Å². The van der Waals surface area contributed by atoms with Gasteiger partial charge in [0.1, 0.15) is 17.9 Å². The van der Waals surface area contributed by atoms with Gasteiger partial charge in [-0.2, -0.15) is 10.2 Å². The number of ether oxygens (including phenoxy) is 2. The van der Waals surface area contributed by atoms with Crippen molar-refractivity contribution in [2.75, 3.05) is 14.2 Å². The maximum absolute atomic E-state index is 13.4. The lowest BCUT2D eigenvalue weighted by molar-refractivity contribution is -0.386. The van der Waals surface area contributed by atoms with Crippen LogP contribution in [0.5, 0.6) is 11.5 Å². The third-order valence-electron chi connectivity index (χ3n) is 5.57. The molecular formula is C22H23N5O5S. The van der Waals surface area contributed by atoms with Crippen LogP contribution in [0.1, 0.15) is 34.3 Å². The highest BCUT2D eigenvalue weighted by Crippen LogP contribution is 2.38. The van der Waals surface area contributed by atoms with Crippen LogP contribution in [0.25, 0.3) is 0 Å². The minimum Gasteiger partial charge on any atom is -0.493 e. The molecule has 10 nitrogen and oxygen atoms in total. The molecule has 0 aliphatic carbocycles. The van der Waals surface area contributed by atoms with E-state index in [9.17, 15) is 14.9 Å². The van der Waals surface area contributed by atoms with Gasteiger partial charge in [-0.1, -0.05) is 12.1 Å². The van der Waals surface area contributed by atoms with Crippen LogP contribution < -0.4 is 9.47 Å². The fourth-order valence-corrected chi connectivity index (χ4v) is 4.68. The summed E-state index contributed by atoms with van der Waals surface area (Å²) in [5, 5.41) is 23.6. The summed E-state index contributed by atoms with van der Waals surface area (Å²) in [4.78, 5) is 25.2. The van der Waals surface area contributed by atoms with Crippen LogP contribution in [0.3, 0.4) is 0 Å². The molecule has 3 heterocycles. The van der Waals surface area contributed by atoms with Gasteiger partial charge in [-0.3, -0.25) is 19.6 Å². The van der Waals surface area contributed by atoms with Crippen molar-refractivity contribution < 1.29 is 19.2 Å². The molecule has 0 bridgehead atoms. The molecule has 11 heteroatoms. The number of aryl methyl sites for hydroxylation is 1. The van der Waals surface area contributed by atoms with Gasteiger partial charge < -0.3 is 9.47 Å². The van der Waals surface area contributed by atoms with Gasteiger partial charge in [0.15, 0.2) is 11.5 Å². The summed E-state index contributed by atoms with van der Waals surface area (Å²) in [6, 6.07) is 9.06. The smallest absolute Gasteiger partial charge is 0.312 e. The highest BCUT2D eigenvalue weighted by molar-refractivity contribution is 7.12. The molecule has 0 saturated heterocycles. The number of benzene rings is 1. The standard InChI is InChI=1S/C22H23N5O5S/c1-13-22(27(29)30)14(2)25(23-13)12-21(28)26-17(11-16(24-26)20-6-5-9-33-20)15-7-8-18(31-3)19(10-15)32-4/h5-10,17H,11-12H2,1-4H3. The predicted octanol–water partition coefficient (Wildman–Crippen LogP) is 3.86. The number of nitro groups is 1. The van der Waals surface area contributed by atoms with Crippen LogP contribution in [-0.2, 0) is 11.3 Å². The third kappa shape index (κ3) is 4.19. The van der Waals surface area contributed by atoms with E-state index < -0.39 is 4.92 Å². The van der Waals surface area contributed by atoms with Gasteiger partial charge in [0.25, 0.3) is 5.91 Å². The number of methoxy groups -OCH3 is 2. The number of hydrogen-bond donors (Lipinski definition) is 0. The number of aromatic nitrogens is 2. The first-order chi connectivity index (χ1) is 15.8. The van der Waals surface area contributed by atoms with Crippen LogP contribution in [0.15, 0.2) is 40.8 Å². The van der Waals surface area contributed by atoms with Crippen molar-refractivity contribution in [3.63, 3.8) is 0 Å². The molecular weight excluding hydrogens is 446 g/mol. The minimum atomic E-state index is -0.478. The Bertz CT molecular complexity index is 1230. The normalized spacial score (nSPS) is 15.5. The maximum atomic E-state index is 13.4. The average Bonchev–Trinajstić information content (AvgIpc) is 3.52. The van der Waals surface area contributed by atoms with Crippen molar-refractivity contribution in [2.45, 2.75) is 32.9 Å². The van der Waals surface area contributed by atoms with Gasteiger partial charge in [-0.05, 0) is 43.0 Å². The molecule has 1 aromatic carbocycles. The van der Waals surface area contributed by atoms with E-state index in [-0.39, 0.29) is 29.9 Å². The van der Waals surface area contributed by atoms with Crippen molar-refractivity contribution in [1.29, 1.82) is 0 Å². The van der Waals surface area contributed by atoms with E-state index in [1.54, 1.807) is 45.5 Å². The number of carbonyl (C=O) groups excluding carboxylic acids is 1. The van der Waals surface area contributed by atoms with Crippen LogP contribution >= 0.6 is 11.3 Å². The zero-order valence-corrected chi connectivity index (χ0v) is 19.5. The van der Waals surface area contributed by atoms with Gasteiger partial charge in [0, 0.05) is 6.42 Å². The second kappa shape index (κ2) is 9.02. The number of hydrogen-bond acceptors (Lipinski definition) is 8. The monoisotopic (exact) mass is 469 g/mol. The fraction of sp³-hybridized carbons (Fsp3) is 0.318. The van der Waals surface area contributed by atoms with Crippen molar-refractivity contribution in [1.82, 2.24) is 14.8 Å².